The molecule has 2 nitrogen and oxygen atoms in total. The summed E-state index contributed by atoms with van der Waals surface area (Å²) in [6.07, 6.45) is 1.08. The molecule has 0 aliphatic heterocycles. The summed E-state index contributed by atoms with van der Waals surface area (Å²) in [5, 5.41) is 1.31. The minimum Gasteiger partial charge on any atom is -0.358 e. The van der Waals surface area contributed by atoms with Crippen LogP contribution in [0.2, 0.25) is 0 Å². The Hall–Kier alpha value is -1.28. The normalized spacial score (nSPS) is 11.4. The van der Waals surface area contributed by atoms with Gasteiger partial charge in [-0.2, -0.15) is 0 Å². The van der Waals surface area contributed by atoms with Crippen molar-refractivity contribution >= 4 is 10.9 Å². The molecule has 14 heavy (non-hydrogen) atoms. The van der Waals surface area contributed by atoms with Gasteiger partial charge in [-0.1, -0.05) is 18.2 Å². The van der Waals surface area contributed by atoms with Crippen molar-refractivity contribution in [3.8, 4) is 0 Å². The Kier molecular flexibility index (Phi) is 2.55. The first kappa shape index (κ1) is 9.28. The number of nitrogens with one attached hydrogen (secondary N) is 1. The molecule has 0 unspecified atom stereocenters. The van der Waals surface area contributed by atoms with Crippen molar-refractivity contribution < 1.29 is 0 Å². The topological polar surface area (TPSA) is 19.0 Å². The van der Waals surface area contributed by atoms with E-state index < -0.39 is 0 Å². The molecule has 0 bridgehead atoms. The number of fused-ring (bicyclic) bond motifs is 1. The average Bonchev–Trinajstić information content (AvgIpc) is 2.57. The van der Waals surface area contributed by atoms with Gasteiger partial charge in [0.15, 0.2) is 0 Å². The van der Waals surface area contributed by atoms with Crippen LogP contribution in [0.1, 0.15) is 5.69 Å². The number of H-pyrrole nitrogens is 1. The highest BCUT2D eigenvalue weighted by atomic mass is 15.0. The molecule has 0 amide bonds. The molecule has 0 radical (unpaired) electrons. The van der Waals surface area contributed by atoms with E-state index in [1.165, 1.54) is 16.6 Å². The van der Waals surface area contributed by atoms with Gasteiger partial charge in [0.25, 0.3) is 0 Å². The van der Waals surface area contributed by atoms with Crippen molar-refractivity contribution in [1.82, 2.24) is 9.88 Å². The van der Waals surface area contributed by atoms with E-state index in [4.69, 9.17) is 0 Å². The summed E-state index contributed by atoms with van der Waals surface area (Å²) >= 11 is 0. The van der Waals surface area contributed by atoms with Crippen molar-refractivity contribution in [2.75, 3.05) is 20.6 Å². The molecule has 0 saturated heterocycles. The van der Waals surface area contributed by atoms with Crippen LogP contribution in [0, 0.1) is 0 Å². The molecule has 1 N–H and O–H groups in total. The fraction of sp³-hybridized carbons (Fsp3) is 0.333. The molecule has 0 spiro atoms. The van der Waals surface area contributed by atoms with Crippen molar-refractivity contribution in [2.24, 2.45) is 0 Å². The molecule has 2 rings (SSSR count). The third kappa shape index (κ3) is 1.96. The third-order valence-corrected chi connectivity index (χ3v) is 2.41. The van der Waals surface area contributed by atoms with Crippen LogP contribution in [0.4, 0.5) is 0 Å². The fourth-order valence-electron chi connectivity index (χ4n) is 1.61. The maximum Gasteiger partial charge on any atom is 0.0456 e. The first-order valence-corrected chi connectivity index (χ1v) is 4.97. The number of aromatic nitrogens is 1. The first-order chi connectivity index (χ1) is 6.75. The van der Waals surface area contributed by atoms with E-state index in [-0.39, 0.29) is 0 Å². The van der Waals surface area contributed by atoms with E-state index in [1.807, 2.05) is 0 Å². The van der Waals surface area contributed by atoms with Gasteiger partial charge in [-0.05, 0) is 31.6 Å². The Bertz CT molecular complexity index is 382. The van der Waals surface area contributed by atoms with Gasteiger partial charge in [0, 0.05) is 24.2 Å². The highest BCUT2D eigenvalue weighted by molar-refractivity contribution is 5.80. The van der Waals surface area contributed by atoms with Crippen molar-refractivity contribution in [3.63, 3.8) is 0 Å². The van der Waals surface area contributed by atoms with Crippen LogP contribution in [0.25, 0.3) is 10.9 Å². The van der Waals surface area contributed by atoms with E-state index in [1.54, 1.807) is 0 Å². The van der Waals surface area contributed by atoms with Gasteiger partial charge >= 0.3 is 0 Å². The summed E-state index contributed by atoms with van der Waals surface area (Å²) in [5.41, 5.74) is 2.56. The molecule has 1 aromatic carbocycles. The largest absolute Gasteiger partial charge is 0.358 e. The van der Waals surface area contributed by atoms with E-state index >= 15 is 0 Å². The second-order valence-corrected chi connectivity index (χ2v) is 3.94. The van der Waals surface area contributed by atoms with Crippen molar-refractivity contribution in [3.05, 3.63) is 36.0 Å². The molecule has 2 heteroatoms. The van der Waals surface area contributed by atoms with E-state index in [0.717, 1.165) is 13.0 Å². The molecule has 2 aromatic rings. The zero-order chi connectivity index (χ0) is 9.97. The molecular formula is C12H16N2. The molecule has 74 valence electrons. The van der Waals surface area contributed by atoms with E-state index in [2.05, 4.69) is 54.3 Å². The van der Waals surface area contributed by atoms with Crippen LogP contribution in [-0.4, -0.2) is 30.5 Å². The Balaban J connectivity index is 2.19. The molecular weight excluding hydrogens is 172 g/mol. The maximum atomic E-state index is 3.42. The number of hydrogen-bond acceptors (Lipinski definition) is 1. The quantitative estimate of drug-likeness (QED) is 0.783. The number of likely N-dealkylation sites (N-methyl/N-ethyl adjacent to an activating group) is 1. The number of nitrogens with zero attached hydrogens (tertiary/aromatic N) is 1. The zero-order valence-electron chi connectivity index (χ0n) is 8.75. The summed E-state index contributed by atoms with van der Waals surface area (Å²) in [5.74, 6) is 0. The lowest BCUT2D eigenvalue weighted by molar-refractivity contribution is 0.412. The monoisotopic (exact) mass is 188 g/mol. The summed E-state index contributed by atoms with van der Waals surface area (Å²) in [6.45, 7) is 1.09. The standard InChI is InChI=1S/C12H16N2/c1-14(2)8-7-11-9-10-5-3-4-6-12(10)13-11/h3-6,9,13H,7-8H2,1-2H3. The number of para-hydroxylation sites is 1. The van der Waals surface area contributed by atoms with Crippen LogP contribution in [0.15, 0.2) is 30.3 Å². The van der Waals surface area contributed by atoms with E-state index in [9.17, 15) is 0 Å². The molecule has 0 atom stereocenters. The maximum absolute atomic E-state index is 3.42. The minimum atomic E-state index is 1.08. The average molecular weight is 188 g/mol. The van der Waals surface area contributed by atoms with Crippen molar-refractivity contribution in [1.29, 1.82) is 0 Å². The lowest BCUT2D eigenvalue weighted by Crippen LogP contribution is -2.15. The number of hydrogen-bond donors (Lipinski definition) is 1. The van der Waals surface area contributed by atoms with Gasteiger partial charge in [0.2, 0.25) is 0 Å². The van der Waals surface area contributed by atoms with Crippen LogP contribution >= 0.6 is 0 Å². The molecule has 0 aliphatic rings. The van der Waals surface area contributed by atoms with Gasteiger partial charge in [-0.3, -0.25) is 0 Å². The lowest BCUT2D eigenvalue weighted by atomic mass is 10.2. The molecule has 1 heterocycles. The minimum absolute atomic E-state index is 1.08. The fourth-order valence-corrected chi connectivity index (χ4v) is 1.61. The molecule has 0 saturated carbocycles. The van der Waals surface area contributed by atoms with Gasteiger partial charge in [-0.15, -0.1) is 0 Å². The predicted molar refractivity (Wildman–Crippen MR) is 60.6 cm³/mol. The zero-order valence-corrected chi connectivity index (χ0v) is 8.75. The number of aromatic amines is 1. The first-order valence-electron chi connectivity index (χ1n) is 4.97. The Morgan fingerprint density at radius 2 is 2.00 bits per heavy atom. The van der Waals surface area contributed by atoms with Crippen LogP contribution in [-0.2, 0) is 6.42 Å². The Morgan fingerprint density at radius 3 is 2.71 bits per heavy atom. The molecule has 0 aliphatic carbocycles. The highest BCUT2D eigenvalue weighted by Gasteiger charge is 1.99. The summed E-state index contributed by atoms with van der Waals surface area (Å²) in [6, 6.07) is 10.6. The predicted octanol–water partition coefficient (Wildman–Crippen LogP) is 2.27. The summed E-state index contributed by atoms with van der Waals surface area (Å²) in [4.78, 5) is 5.62. The van der Waals surface area contributed by atoms with Gasteiger partial charge in [0.1, 0.15) is 0 Å². The Labute approximate surface area is 84.5 Å². The molecule has 0 fully saturated rings. The third-order valence-electron chi connectivity index (χ3n) is 2.41. The second-order valence-electron chi connectivity index (χ2n) is 3.94. The van der Waals surface area contributed by atoms with Crippen LogP contribution < -0.4 is 0 Å². The van der Waals surface area contributed by atoms with E-state index in [0.29, 0.717) is 0 Å². The summed E-state index contributed by atoms with van der Waals surface area (Å²) < 4.78 is 0. The van der Waals surface area contributed by atoms with Crippen LogP contribution in [0.3, 0.4) is 0 Å². The second kappa shape index (κ2) is 3.84. The summed E-state index contributed by atoms with van der Waals surface area (Å²) in [7, 11) is 4.20. The molecule has 1 aromatic heterocycles. The van der Waals surface area contributed by atoms with Gasteiger partial charge in [0.05, 0.1) is 0 Å². The van der Waals surface area contributed by atoms with Crippen molar-refractivity contribution in [2.45, 2.75) is 6.42 Å². The number of benzene rings is 1. The van der Waals surface area contributed by atoms with Gasteiger partial charge in [-0.25, -0.2) is 0 Å². The SMILES string of the molecule is CN(C)CCc1cc2ccccc2[nH]1. The van der Waals surface area contributed by atoms with Gasteiger partial charge < -0.3 is 9.88 Å². The Morgan fingerprint density at radius 1 is 1.21 bits per heavy atom. The highest BCUT2D eigenvalue weighted by Crippen LogP contribution is 2.14. The smallest absolute Gasteiger partial charge is 0.0456 e. The van der Waals surface area contributed by atoms with Crippen LogP contribution in [0.5, 0.6) is 0 Å². The lowest BCUT2D eigenvalue weighted by Gasteiger charge is -2.07. The number of rotatable bonds is 3.